The van der Waals surface area contributed by atoms with Gasteiger partial charge in [-0.15, -0.1) is 11.3 Å². The molecule has 0 saturated carbocycles. The number of rotatable bonds is 7. The van der Waals surface area contributed by atoms with Crippen LogP contribution in [0.5, 0.6) is 0 Å². The Morgan fingerprint density at radius 3 is 2.60 bits per heavy atom. The van der Waals surface area contributed by atoms with E-state index < -0.39 is 29.4 Å². The highest BCUT2D eigenvalue weighted by molar-refractivity contribution is 7.10. The largest absolute Gasteiger partial charge is 0.384 e. The molecule has 4 N–H and O–H groups in total. The number of hydrogen-bond donors (Lipinski definition) is 3. The number of carbonyl (C=O) groups excluding carboxylic acids is 3. The summed E-state index contributed by atoms with van der Waals surface area (Å²) in [5.74, 6) is -3.73. The predicted octanol–water partition coefficient (Wildman–Crippen LogP) is 2.59. The summed E-state index contributed by atoms with van der Waals surface area (Å²) in [5.41, 5.74) is 7.79. The number of amidine groups is 1. The number of nitrogens with one attached hydrogen (secondary N) is 2. The number of hydrogen-bond acceptors (Lipinski definition) is 7. The highest BCUT2D eigenvalue weighted by Gasteiger charge is 2.52. The van der Waals surface area contributed by atoms with Gasteiger partial charge in [-0.25, -0.2) is 8.78 Å². The van der Waals surface area contributed by atoms with Crippen molar-refractivity contribution in [2.75, 3.05) is 26.3 Å². The van der Waals surface area contributed by atoms with Gasteiger partial charge in [0.05, 0.1) is 26.3 Å². The molecule has 10 nitrogen and oxygen atoms in total. The van der Waals surface area contributed by atoms with E-state index in [9.17, 15) is 23.2 Å². The summed E-state index contributed by atoms with van der Waals surface area (Å²) in [4.78, 5) is 43.6. The topological polar surface area (TPSA) is 138 Å². The second kappa shape index (κ2) is 10.9. The first-order chi connectivity index (χ1) is 20.1. The standard InChI is InChI=1S/C29H27F2N5O5S/c30-19-2-4-21(23(31)9-19)16-1-3-22-17(7-16)12-35(28(22)39)13-25(37)36-15-29(40-5-6-41-29)10-24(36)27(38)34-11-20-8-18(14-42-20)26(32)33/h1-4,7-9,14,24H,5-6,10-13,15H2,(H3,32,33)(H,34,38). The third-order valence-electron chi connectivity index (χ3n) is 7.68. The van der Waals surface area contributed by atoms with Crippen LogP contribution in [0.4, 0.5) is 8.78 Å². The first-order valence-corrected chi connectivity index (χ1v) is 14.1. The zero-order valence-electron chi connectivity index (χ0n) is 22.3. The smallest absolute Gasteiger partial charge is 0.254 e. The number of fused-ring (bicyclic) bond motifs is 1. The quantitative estimate of drug-likeness (QED) is 0.284. The maximum absolute atomic E-state index is 14.4. The molecule has 4 heterocycles. The number of carbonyl (C=O) groups is 3. The zero-order chi connectivity index (χ0) is 29.6. The molecule has 1 unspecified atom stereocenters. The highest BCUT2D eigenvalue weighted by Crippen LogP contribution is 2.36. The SMILES string of the molecule is N=C(N)c1csc(CNC(=O)C2CC3(CN2C(=O)CN2Cc4cc(-c5ccc(F)cc5F)ccc4C2=O)OCCO3)c1. The second-order valence-electron chi connectivity index (χ2n) is 10.4. The van der Waals surface area contributed by atoms with Gasteiger partial charge >= 0.3 is 0 Å². The third kappa shape index (κ3) is 5.26. The number of amides is 3. The number of halogens is 2. The number of thiophene rings is 1. The summed E-state index contributed by atoms with van der Waals surface area (Å²) in [6.45, 7) is 0.769. The van der Waals surface area contributed by atoms with Crippen molar-refractivity contribution >= 4 is 34.9 Å². The highest BCUT2D eigenvalue weighted by atomic mass is 32.1. The lowest BCUT2D eigenvalue weighted by atomic mass is 10.00. The van der Waals surface area contributed by atoms with E-state index in [0.717, 1.165) is 10.9 Å². The van der Waals surface area contributed by atoms with E-state index in [0.29, 0.717) is 35.5 Å². The summed E-state index contributed by atoms with van der Waals surface area (Å²) in [6, 6.07) is 8.98. The van der Waals surface area contributed by atoms with E-state index in [2.05, 4.69) is 5.32 Å². The van der Waals surface area contributed by atoms with Gasteiger partial charge in [0.25, 0.3) is 5.91 Å². The maximum atomic E-state index is 14.4. The molecular formula is C29H27F2N5O5S. The van der Waals surface area contributed by atoms with Gasteiger partial charge in [0, 0.05) is 46.0 Å². The minimum atomic E-state index is -1.09. The number of ether oxygens (including phenoxy) is 2. The van der Waals surface area contributed by atoms with Gasteiger partial charge in [-0.1, -0.05) is 6.07 Å². The van der Waals surface area contributed by atoms with Crippen molar-refractivity contribution in [2.24, 2.45) is 5.73 Å². The fourth-order valence-electron chi connectivity index (χ4n) is 5.60. The number of benzene rings is 2. The monoisotopic (exact) mass is 595 g/mol. The molecular weight excluding hydrogens is 568 g/mol. The molecule has 2 saturated heterocycles. The molecule has 0 radical (unpaired) electrons. The van der Waals surface area contributed by atoms with Gasteiger partial charge in [0.2, 0.25) is 11.8 Å². The maximum Gasteiger partial charge on any atom is 0.254 e. The van der Waals surface area contributed by atoms with Crippen LogP contribution in [-0.2, 0) is 32.2 Å². The summed E-state index contributed by atoms with van der Waals surface area (Å²) in [7, 11) is 0. The molecule has 3 aromatic rings. The van der Waals surface area contributed by atoms with Crippen LogP contribution in [0.2, 0.25) is 0 Å². The molecule has 2 fully saturated rings. The molecule has 42 heavy (non-hydrogen) atoms. The summed E-state index contributed by atoms with van der Waals surface area (Å²) in [5, 5.41) is 12.1. The van der Waals surface area contributed by atoms with Crippen molar-refractivity contribution in [3.8, 4) is 11.1 Å². The van der Waals surface area contributed by atoms with Gasteiger partial charge < -0.3 is 30.3 Å². The average molecular weight is 596 g/mol. The van der Waals surface area contributed by atoms with Crippen LogP contribution in [0.3, 0.4) is 0 Å². The lowest BCUT2D eigenvalue weighted by Crippen LogP contribution is -2.49. The van der Waals surface area contributed by atoms with Crippen LogP contribution < -0.4 is 11.1 Å². The summed E-state index contributed by atoms with van der Waals surface area (Å²) >= 11 is 1.36. The molecule has 218 valence electrons. The van der Waals surface area contributed by atoms with Crippen molar-refractivity contribution < 1.29 is 32.6 Å². The number of likely N-dealkylation sites (tertiary alicyclic amines) is 1. The van der Waals surface area contributed by atoms with Crippen molar-refractivity contribution in [3.63, 3.8) is 0 Å². The van der Waals surface area contributed by atoms with Gasteiger partial charge in [-0.2, -0.15) is 0 Å². The molecule has 1 aromatic heterocycles. The first kappa shape index (κ1) is 27.9. The lowest BCUT2D eigenvalue weighted by molar-refractivity contribution is -0.152. The number of nitrogen functional groups attached to an aromatic ring is 1. The Morgan fingerprint density at radius 2 is 1.88 bits per heavy atom. The fourth-order valence-corrected chi connectivity index (χ4v) is 6.43. The molecule has 2 aromatic carbocycles. The second-order valence-corrected chi connectivity index (χ2v) is 11.4. The minimum Gasteiger partial charge on any atom is -0.384 e. The van der Waals surface area contributed by atoms with Crippen LogP contribution in [0, 0.1) is 17.0 Å². The molecule has 6 rings (SSSR count). The van der Waals surface area contributed by atoms with E-state index in [1.54, 1.807) is 29.6 Å². The predicted molar refractivity (Wildman–Crippen MR) is 148 cm³/mol. The van der Waals surface area contributed by atoms with Crippen LogP contribution in [-0.4, -0.2) is 71.5 Å². The first-order valence-electron chi connectivity index (χ1n) is 13.3. The Bertz CT molecular complexity index is 1600. The van der Waals surface area contributed by atoms with Gasteiger partial charge in [0.15, 0.2) is 5.79 Å². The molecule has 3 aliphatic heterocycles. The Morgan fingerprint density at radius 1 is 1.12 bits per heavy atom. The number of nitrogens with zero attached hydrogens (tertiary/aromatic N) is 2. The van der Waals surface area contributed by atoms with Crippen molar-refractivity contribution in [1.29, 1.82) is 5.41 Å². The van der Waals surface area contributed by atoms with E-state index in [4.69, 9.17) is 20.6 Å². The molecule has 1 spiro atoms. The van der Waals surface area contributed by atoms with Gasteiger partial charge in [-0.3, -0.25) is 19.8 Å². The molecule has 1 atom stereocenters. The molecule has 13 heteroatoms. The Labute approximate surface area is 243 Å². The molecule has 0 aliphatic carbocycles. The normalized spacial score (nSPS) is 19.0. The number of nitrogens with two attached hydrogens (primary N) is 1. The Hall–Kier alpha value is -4.20. The fraction of sp³-hybridized carbons (Fsp3) is 0.310. The Kier molecular flexibility index (Phi) is 7.25. The summed E-state index contributed by atoms with van der Waals surface area (Å²) in [6.07, 6.45) is 0.147. The van der Waals surface area contributed by atoms with E-state index in [1.165, 1.54) is 33.3 Å². The molecule has 3 aliphatic rings. The zero-order valence-corrected chi connectivity index (χ0v) is 23.1. The van der Waals surface area contributed by atoms with E-state index in [-0.39, 0.29) is 55.8 Å². The van der Waals surface area contributed by atoms with Crippen molar-refractivity contribution in [2.45, 2.75) is 31.3 Å². The van der Waals surface area contributed by atoms with Crippen molar-refractivity contribution in [1.82, 2.24) is 15.1 Å². The van der Waals surface area contributed by atoms with Crippen LogP contribution in [0.25, 0.3) is 11.1 Å². The minimum absolute atomic E-state index is 0.0420. The third-order valence-corrected chi connectivity index (χ3v) is 8.62. The van der Waals surface area contributed by atoms with Crippen molar-refractivity contribution in [3.05, 3.63) is 81.0 Å². The summed E-state index contributed by atoms with van der Waals surface area (Å²) < 4.78 is 39.3. The molecule has 0 bridgehead atoms. The van der Waals surface area contributed by atoms with Gasteiger partial charge in [0.1, 0.15) is 30.1 Å². The van der Waals surface area contributed by atoms with E-state index >= 15 is 0 Å². The Balaban J connectivity index is 1.16. The van der Waals surface area contributed by atoms with E-state index in [1.807, 2.05) is 0 Å². The lowest BCUT2D eigenvalue weighted by Gasteiger charge is -2.26. The molecule has 3 amide bonds. The van der Waals surface area contributed by atoms with Crippen LogP contribution >= 0.6 is 11.3 Å². The van der Waals surface area contributed by atoms with Gasteiger partial charge in [-0.05, 0) is 41.5 Å². The van der Waals surface area contributed by atoms with Crippen LogP contribution in [0.15, 0.2) is 47.8 Å². The average Bonchev–Trinajstić information content (AvgIpc) is 3.75. The van der Waals surface area contributed by atoms with Crippen LogP contribution in [0.1, 0.15) is 32.8 Å².